The fourth-order valence-corrected chi connectivity index (χ4v) is 4.39. The molecule has 6 nitrogen and oxygen atoms in total. The highest BCUT2D eigenvalue weighted by molar-refractivity contribution is 14.0. The molecule has 1 unspecified atom stereocenters. The van der Waals surface area contributed by atoms with Gasteiger partial charge in [-0.15, -0.1) is 35.3 Å². The molecule has 0 amide bonds. The van der Waals surface area contributed by atoms with Gasteiger partial charge in [-0.25, -0.2) is 0 Å². The highest BCUT2D eigenvalue weighted by atomic mass is 127. The van der Waals surface area contributed by atoms with E-state index in [0.29, 0.717) is 19.3 Å². The Labute approximate surface area is 200 Å². The first kappa shape index (κ1) is 23.1. The van der Waals surface area contributed by atoms with Crippen LogP contribution in [0.1, 0.15) is 24.1 Å². The van der Waals surface area contributed by atoms with Crippen molar-refractivity contribution >= 4 is 47.0 Å². The highest BCUT2D eigenvalue weighted by Crippen LogP contribution is 2.32. The first-order chi connectivity index (χ1) is 14.3. The van der Waals surface area contributed by atoms with Gasteiger partial charge in [-0.2, -0.15) is 0 Å². The van der Waals surface area contributed by atoms with E-state index in [2.05, 4.69) is 40.1 Å². The van der Waals surface area contributed by atoms with Crippen LogP contribution in [-0.4, -0.2) is 56.8 Å². The number of nitrogens with zero attached hydrogens (tertiary/aromatic N) is 2. The number of halogens is 1. The molecular weight excluding hydrogens is 511 g/mol. The summed E-state index contributed by atoms with van der Waals surface area (Å²) in [5.74, 6) is 2.42. The van der Waals surface area contributed by atoms with E-state index in [4.69, 9.17) is 14.5 Å². The fraction of sp³-hybridized carbons (Fsp3) is 0.500. The van der Waals surface area contributed by atoms with Crippen LogP contribution >= 0.6 is 35.3 Å². The van der Waals surface area contributed by atoms with Crippen LogP contribution in [0.25, 0.3) is 0 Å². The van der Waals surface area contributed by atoms with E-state index in [1.54, 1.807) is 11.3 Å². The maximum absolute atomic E-state index is 5.83. The quantitative estimate of drug-likeness (QED) is 0.325. The van der Waals surface area contributed by atoms with Crippen molar-refractivity contribution < 1.29 is 9.47 Å². The van der Waals surface area contributed by atoms with E-state index in [0.717, 1.165) is 55.6 Å². The lowest BCUT2D eigenvalue weighted by atomic mass is 10.2. The van der Waals surface area contributed by atoms with Crippen molar-refractivity contribution in [2.75, 3.05) is 45.2 Å². The summed E-state index contributed by atoms with van der Waals surface area (Å²) in [5, 5.41) is 9.07. The maximum Gasteiger partial charge on any atom is 0.195 e. The average molecular weight is 542 g/mol. The zero-order valence-corrected chi connectivity index (χ0v) is 20.6. The smallest absolute Gasteiger partial charge is 0.195 e. The Kier molecular flexibility index (Phi) is 9.07. The van der Waals surface area contributed by atoms with Gasteiger partial charge in [0.1, 0.15) is 0 Å². The molecule has 2 aromatic rings. The number of fused-ring (bicyclic) bond motifs is 1. The Bertz CT molecular complexity index is 815. The summed E-state index contributed by atoms with van der Waals surface area (Å²) in [7, 11) is 2.19. The third kappa shape index (κ3) is 6.49. The first-order valence-electron chi connectivity index (χ1n) is 10.5. The minimum atomic E-state index is 0. The number of benzene rings is 1. The van der Waals surface area contributed by atoms with Gasteiger partial charge in [0.15, 0.2) is 17.5 Å². The van der Waals surface area contributed by atoms with Crippen LogP contribution in [0.15, 0.2) is 40.7 Å². The van der Waals surface area contributed by atoms with Gasteiger partial charge in [-0.1, -0.05) is 6.07 Å². The number of ether oxygens (including phenoxy) is 2. The van der Waals surface area contributed by atoms with Crippen molar-refractivity contribution in [1.29, 1.82) is 0 Å². The molecule has 1 fully saturated rings. The van der Waals surface area contributed by atoms with Crippen molar-refractivity contribution in [3.05, 3.63) is 40.6 Å². The number of thiophene rings is 1. The molecule has 3 heterocycles. The van der Waals surface area contributed by atoms with Gasteiger partial charge in [0.2, 0.25) is 0 Å². The topological polar surface area (TPSA) is 58.1 Å². The molecule has 0 saturated carbocycles. The predicted octanol–water partition coefficient (Wildman–Crippen LogP) is 4.22. The van der Waals surface area contributed by atoms with Crippen LogP contribution in [0.4, 0.5) is 5.69 Å². The van der Waals surface area contributed by atoms with E-state index < -0.39 is 0 Å². The van der Waals surface area contributed by atoms with E-state index >= 15 is 0 Å². The number of likely N-dealkylation sites (N-methyl/N-ethyl adjacent to an activating group) is 1. The summed E-state index contributed by atoms with van der Waals surface area (Å²) in [4.78, 5) is 8.67. The SMILES string of the molecule is CN1CCCC1CN=C(NCCc1cccs1)Nc1ccc2c(c1)OCCCO2.I. The molecule has 0 radical (unpaired) electrons. The largest absolute Gasteiger partial charge is 0.490 e. The Balaban J connectivity index is 0.00000256. The van der Waals surface area contributed by atoms with Gasteiger partial charge in [0.05, 0.1) is 19.8 Å². The monoisotopic (exact) mass is 542 g/mol. The van der Waals surface area contributed by atoms with Crippen LogP contribution in [-0.2, 0) is 6.42 Å². The van der Waals surface area contributed by atoms with Gasteiger partial charge in [-0.3, -0.25) is 4.99 Å². The predicted molar refractivity (Wildman–Crippen MR) is 135 cm³/mol. The molecule has 1 aromatic carbocycles. The summed E-state index contributed by atoms with van der Waals surface area (Å²) in [6.07, 6.45) is 4.37. The third-order valence-corrected chi connectivity index (χ3v) is 6.32. The number of guanidine groups is 1. The molecule has 2 aliphatic heterocycles. The Morgan fingerprint density at radius 3 is 2.83 bits per heavy atom. The van der Waals surface area contributed by atoms with Crippen LogP contribution in [0, 0.1) is 0 Å². The summed E-state index contributed by atoms with van der Waals surface area (Å²) < 4.78 is 11.6. The van der Waals surface area contributed by atoms with E-state index in [1.807, 2.05) is 18.2 Å². The molecule has 8 heteroatoms. The van der Waals surface area contributed by atoms with Crippen LogP contribution in [0.2, 0.25) is 0 Å². The van der Waals surface area contributed by atoms with Crippen molar-refractivity contribution in [2.45, 2.75) is 31.7 Å². The zero-order chi connectivity index (χ0) is 19.9. The molecule has 2 N–H and O–H groups in total. The second-order valence-electron chi connectivity index (χ2n) is 7.56. The van der Waals surface area contributed by atoms with Crippen molar-refractivity contribution in [3.8, 4) is 11.5 Å². The van der Waals surface area contributed by atoms with Gasteiger partial charge in [0, 0.05) is 35.6 Å². The molecule has 0 spiro atoms. The van der Waals surface area contributed by atoms with E-state index in [1.165, 1.54) is 17.7 Å². The van der Waals surface area contributed by atoms with Gasteiger partial charge in [-0.05, 0) is 56.4 Å². The van der Waals surface area contributed by atoms with Crippen molar-refractivity contribution in [3.63, 3.8) is 0 Å². The zero-order valence-electron chi connectivity index (χ0n) is 17.4. The molecule has 1 saturated heterocycles. The minimum Gasteiger partial charge on any atom is -0.490 e. The molecule has 164 valence electrons. The second-order valence-corrected chi connectivity index (χ2v) is 8.59. The summed E-state index contributed by atoms with van der Waals surface area (Å²) >= 11 is 1.79. The average Bonchev–Trinajstić information content (AvgIpc) is 3.32. The normalized spacial score (nSPS) is 19.1. The highest BCUT2D eigenvalue weighted by Gasteiger charge is 2.20. The number of aliphatic imine (C=N–C) groups is 1. The fourth-order valence-electron chi connectivity index (χ4n) is 3.68. The lowest BCUT2D eigenvalue weighted by Gasteiger charge is -2.19. The molecule has 0 bridgehead atoms. The molecule has 30 heavy (non-hydrogen) atoms. The minimum absolute atomic E-state index is 0. The Morgan fingerprint density at radius 2 is 2.07 bits per heavy atom. The lowest BCUT2D eigenvalue weighted by molar-refractivity contribution is 0.297. The standard InChI is InChI=1S/C22H30N4O2S.HI/c1-26-11-2-5-18(26)16-24-22(23-10-9-19-6-3-14-29-19)25-17-7-8-20-21(15-17)28-13-4-12-27-20;/h3,6-8,14-15,18H,2,4-5,9-13,16H2,1H3,(H2,23,24,25);1H. The van der Waals surface area contributed by atoms with E-state index in [9.17, 15) is 0 Å². The van der Waals surface area contributed by atoms with Gasteiger partial charge in [0.25, 0.3) is 0 Å². The van der Waals surface area contributed by atoms with Gasteiger partial charge >= 0.3 is 0 Å². The molecule has 1 atom stereocenters. The second kappa shape index (κ2) is 11.8. The van der Waals surface area contributed by atoms with Crippen LogP contribution in [0.3, 0.4) is 0 Å². The number of likely N-dealkylation sites (tertiary alicyclic amines) is 1. The molecule has 0 aliphatic carbocycles. The molecule has 2 aliphatic rings. The number of nitrogens with one attached hydrogen (secondary N) is 2. The molecular formula is C22H31IN4O2S. The van der Waals surface area contributed by atoms with Crippen molar-refractivity contribution in [1.82, 2.24) is 10.2 Å². The maximum atomic E-state index is 5.83. The van der Waals surface area contributed by atoms with Crippen LogP contribution < -0.4 is 20.1 Å². The lowest BCUT2D eigenvalue weighted by Crippen LogP contribution is -2.35. The Morgan fingerprint density at radius 1 is 1.20 bits per heavy atom. The summed E-state index contributed by atoms with van der Waals surface area (Å²) in [6.45, 7) is 4.19. The molecule has 1 aromatic heterocycles. The summed E-state index contributed by atoms with van der Waals surface area (Å²) in [5.41, 5.74) is 0.955. The number of rotatable bonds is 6. The van der Waals surface area contributed by atoms with Crippen molar-refractivity contribution in [2.24, 2.45) is 4.99 Å². The number of hydrogen-bond acceptors (Lipinski definition) is 5. The van der Waals surface area contributed by atoms with E-state index in [-0.39, 0.29) is 24.0 Å². The third-order valence-electron chi connectivity index (χ3n) is 5.39. The molecule has 4 rings (SSSR count). The number of anilines is 1. The van der Waals surface area contributed by atoms with Gasteiger partial charge < -0.3 is 25.0 Å². The van der Waals surface area contributed by atoms with Crippen LogP contribution in [0.5, 0.6) is 11.5 Å². The Hall–Kier alpha value is -1.52. The first-order valence-corrected chi connectivity index (χ1v) is 11.3. The summed E-state index contributed by atoms with van der Waals surface area (Å²) in [6, 6.07) is 10.8. The number of hydrogen-bond donors (Lipinski definition) is 2.